The van der Waals surface area contributed by atoms with Crippen LogP contribution >= 0.6 is 12.2 Å². The van der Waals surface area contributed by atoms with Crippen LogP contribution in [0.4, 0.5) is 0 Å². The molecule has 0 aliphatic rings. The lowest BCUT2D eigenvalue weighted by molar-refractivity contribution is 0.710. The van der Waals surface area contributed by atoms with E-state index in [1.807, 2.05) is 5.37 Å². The molecular weight excluding hydrogens is 152 g/mol. The minimum atomic E-state index is 1.10. The maximum Gasteiger partial charge on any atom is -0.0210 e. The van der Waals surface area contributed by atoms with Crippen LogP contribution in [0.2, 0.25) is 0 Å². The number of allylic oxidation sites excluding steroid dienone is 2. The van der Waals surface area contributed by atoms with Crippen molar-refractivity contribution in [2.24, 2.45) is 0 Å². The third kappa shape index (κ3) is 9.83. The summed E-state index contributed by atoms with van der Waals surface area (Å²) in [5.74, 6) is 0. The molecule has 0 spiro atoms. The van der Waals surface area contributed by atoms with Gasteiger partial charge in [0.15, 0.2) is 0 Å². The monoisotopic (exact) mass is 170 g/mol. The largest absolute Gasteiger partial charge is 0.0935 e. The summed E-state index contributed by atoms with van der Waals surface area (Å²) < 4.78 is 0. The van der Waals surface area contributed by atoms with E-state index >= 15 is 0 Å². The van der Waals surface area contributed by atoms with Crippen molar-refractivity contribution >= 4 is 17.6 Å². The quantitative estimate of drug-likeness (QED) is 0.317. The molecule has 11 heavy (non-hydrogen) atoms. The smallest absolute Gasteiger partial charge is 0.0210 e. The maximum atomic E-state index is 4.73. The summed E-state index contributed by atoms with van der Waals surface area (Å²) in [6.45, 7) is 2.17. The molecule has 1 heteroatoms. The first-order chi connectivity index (χ1) is 5.41. The third-order valence-electron chi connectivity index (χ3n) is 1.60. The highest BCUT2D eigenvalue weighted by Crippen LogP contribution is 2.02. The second kappa shape index (κ2) is 9.83. The molecule has 64 valence electrons. The van der Waals surface area contributed by atoms with Gasteiger partial charge in [0.05, 0.1) is 0 Å². The van der Waals surface area contributed by atoms with Crippen molar-refractivity contribution in [3.63, 3.8) is 0 Å². The van der Waals surface area contributed by atoms with Crippen LogP contribution < -0.4 is 0 Å². The molecule has 0 saturated heterocycles. The summed E-state index contributed by atoms with van der Waals surface area (Å²) in [6.07, 6.45) is 11.9. The standard InChI is InChI=1S/C10H18S/c1-2-3-4-5-6-7-8-9-10-11/h3-4,10H,2,5-9H2,1H3. The highest BCUT2D eigenvalue weighted by atomic mass is 32.1. The first-order valence-electron chi connectivity index (χ1n) is 4.50. The highest BCUT2D eigenvalue weighted by Gasteiger charge is 1.84. The molecule has 0 aliphatic heterocycles. The Balaban J connectivity index is 2.90. The molecule has 0 amide bonds. The van der Waals surface area contributed by atoms with Crippen LogP contribution in [0.25, 0.3) is 0 Å². The predicted octanol–water partition coefficient (Wildman–Crippen LogP) is 3.90. The molecule has 0 fully saturated rings. The van der Waals surface area contributed by atoms with Crippen molar-refractivity contribution in [1.29, 1.82) is 0 Å². The molecule has 0 aromatic heterocycles. The summed E-state index contributed by atoms with van der Waals surface area (Å²) in [4.78, 5) is 0. The fourth-order valence-electron chi connectivity index (χ4n) is 0.951. The van der Waals surface area contributed by atoms with Crippen LogP contribution in [0.1, 0.15) is 45.4 Å². The van der Waals surface area contributed by atoms with E-state index in [0.29, 0.717) is 0 Å². The normalized spacial score (nSPS) is 10.6. The first kappa shape index (κ1) is 10.8. The van der Waals surface area contributed by atoms with Gasteiger partial charge in [-0.05, 0) is 37.5 Å². The van der Waals surface area contributed by atoms with Gasteiger partial charge in [0.1, 0.15) is 0 Å². The van der Waals surface area contributed by atoms with E-state index in [0.717, 1.165) is 6.42 Å². The molecule has 0 atom stereocenters. The fraction of sp³-hybridized carbons (Fsp3) is 0.700. The third-order valence-corrected chi connectivity index (χ3v) is 1.83. The minimum absolute atomic E-state index is 1.10. The highest BCUT2D eigenvalue weighted by molar-refractivity contribution is 7.78. The Morgan fingerprint density at radius 1 is 1.00 bits per heavy atom. The number of unbranched alkanes of at least 4 members (excludes halogenated alkanes) is 4. The average molecular weight is 170 g/mol. The van der Waals surface area contributed by atoms with Gasteiger partial charge in [-0.25, -0.2) is 0 Å². The average Bonchev–Trinajstić information content (AvgIpc) is 2.03. The van der Waals surface area contributed by atoms with E-state index in [1.165, 1.54) is 32.1 Å². The summed E-state index contributed by atoms with van der Waals surface area (Å²) in [6, 6.07) is 0. The van der Waals surface area contributed by atoms with E-state index in [1.54, 1.807) is 0 Å². The van der Waals surface area contributed by atoms with Crippen LogP contribution in [0.15, 0.2) is 12.2 Å². The van der Waals surface area contributed by atoms with Gasteiger partial charge < -0.3 is 0 Å². The molecule has 0 aliphatic carbocycles. The van der Waals surface area contributed by atoms with Crippen molar-refractivity contribution < 1.29 is 0 Å². The van der Waals surface area contributed by atoms with E-state index < -0.39 is 0 Å². The first-order valence-corrected chi connectivity index (χ1v) is 4.97. The molecule has 0 rings (SSSR count). The Labute approximate surface area is 75.7 Å². The zero-order chi connectivity index (χ0) is 8.36. The number of rotatable bonds is 7. The van der Waals surface area contributed by atoms with Gasteiger partial charge in [0.2, 0.25) is 0 Å². The lowest BCUT2D eigenvalue weighted by Crippen LogP contribution is -1.76. The van der Waals surface area contributed by atoms with Crippen LogP contribution in [0.3, 0.4) is 0 Å². The van der Waals surface area contributed by atoms with Crippen LogP contribution in [0.5, 0.6) is 0 Å². The second-order valence-electron chi connectivity index (χ2n) is 2.68. The zero-order valence-corrected chi connectivity index (χ0v) is 8.20. The van der Waals surface area contributed by atoms with E-state index in [-0.39, 0.29) is 0 Å². The summed E-state index contributed by atoms with van der Waals surface area (Å²) >= 11 is 4.73. The van der Waals surface area contributed by atoms with Gasteiger partial charge in [-0.3, -0.25) is 0 Å². The van der Waals surface area contributed by atoms with Crippen LogP contribution in [0, 0.1) is 0 Å². The maximum absolute atomic E-state index is 4.73. The van der Waals surface area contributed by atoms with Crippen molar-refractivity contribution in [3.05, 3.63) is 12.2 Å². The fourth-order valence-corrected chi connectivity index (χ4v) is 1.12. The van der Waals surface area contributed by atoms with E-state index in [4.69, 9.17) is 12.2 Å². The molecule has 0 heterocycles. The summed E-state index contributed by atoms with van der Waals surface area (Å²) in [5.41, 5.74) is 0. The molecule has 0 aromatic carbocycles. The van der Waals surface area contributed by atoms with Gasteiger partial charge in [0, 0.05) is 0 Å². The van der Waals surface area contributed by atoms with Crippen molar-refractivity contribution in [2.45, 2.75) is 45.4 Å². The summed E-state index contributed by atoms with van der Waals surface area (Å²) in [5, 5.41) is 1.84. The molecular formula is C10H18S. The number of thiocarbonyl (C=S) groups is 1. The lowest BCUT2D eigenvalue weighted by atomic mass is 10.1. The van der Waals surface area contributed by atoms with Gasteiger partial charge in [-0.1, -0.05) is 37.7 Å². The van der Waals surface area contributed by atoms with Gasteiger partial charge in [-0.2, -0.15) is 0 Å². The van der Waals surface area contributed by atoms with Crippen molar-refractivity contribution in [2.75, 3.05) is 0 Å². The molecule has 0 saturated carbocycles. The second-order valence-corrected chi connectivity index (χ2v) is 3.02. The molecule has 0 nitrogen and oxygen atoms in total. The van der Waals surface area contributed by atoms with E-state index in [9.17, 15) is 0 Å². The molecule has 0 unspecified atom stereocenters. The predicted molar refractivity (Wildman–Crippen MR) is 56.2 cm³/mol. The van der Waals surface area contributed by atoms with Gasteiger partial charge >= 0.3 is 0 Å². The van der Waals surface area contributed by atoms with Crippen LogP contribution in [-0.2, 0) is 0 Å². The SMILES string of the molecule is CCC=CCCCCCC=S. The van der Waals surface area contributed by atoms with Crippen molar-refractivity contribution in [1.82, 2.24) is 0 Å². The number of hydrogen-bond acceptors (Lipinski definition) is 1. The Kier molecular flexibility index (Phi) is 9.68. The van der Waals surface area contributed by atoms with Crippen molar-refractivity contribution in [3.8, 4) is 0 Å². The van der Waals surface area contributed by atoms with Crippen LogP contribution in [-0.4, -0.2) is 5.37 Å². The van der Waals surface area contributed by atoms with E-state index in [2.05, 4.69) is 19.1 Å². The molecule has 0 aromatic rings. The Hall–Kier alpha value is -0.170. The van der Waals surface area contributed by atoms with Gasteiger partial charge in [0.25, 0.3) is 0 Å². The summed E-state index contributed by atoms with van der Waals surface area (Å²) in [7, 11) is 0. The Morgan fingerprint density at radius 2 is 1.73 bits per heavy atom. The molecule has 0 radical (unpaired) electrons. The molecule has 0 bridgehead atoms. The molecule has 0 N–H and O–H groups in total. The zero-order valence-electron chi connectivity index (χ0n) is 7.38. The topological polar surface area (TPSA) is 0 Å². The Bertz CT molecular complexity index is 105. The minimum Gasteiger partial charge on any atom is -0.0935 e. The lowest BCUT2D eigenvalue weighted by Gasteiger charge is -1.93. The number of hydrogen-bond donors (Lipinski definition) is 0. The Morgan fingerprint density at radius 3 is 2.36 bits per heavy atom. The van der Waals surface area contributed by atoms with Gasteiger partial charge in [-0.15, -0.1) is 0 Å².